The molecule has 0 aliphatic rings. The number of aliphatic hydroxyl groups excluding tert-OH is 3. The summed E-state index contributed by atoms with van der Waals surface area (Å²) in [6.07, 6.45) is -1.07. The van der Waals surface area contributed by atoms with Crippen molar-refractivity contribution < 1.29 is 34.4 Å². The molecule has 8 nitrogen and oxygen atoms in total. The Balaban J connectivity index is 2.31. The average Bonchev–Trinajstić information content (AvgIpc) is 2.75. The van der Waals surface area contributed by atoms with E-state index in [2.05, 4.69) is 9.99 Å². The third-order valence-electron chi connectivity index (χ3n) is 3.77. The molecule has 162 valence electrons. The minimum Gasteiger partial charge on any atom is -0.491 e. The van der Waals surface area contributed by atoms with Crippen LogP contribution in [0.4, 0.5) is 0 Å². The fourth-order valence-electron chi connectivity index (χ4n) is 2.42. The minimum absolute atomic E-state index is 0.107. The first-order valence-electron chi connectivity index (χ1n) is 9.24. The predicted octanol–water partition coefficient (Wildman–Crippen LogP) is 2.55. The SMILES string of the molecule is CC(=O)O/N=C(\C)C(O)c1ccccc1Sc1ccc(OCCO)cc1OCCO. The van der Waals surface area contributed by atoms with Crippen molar-refractivity contribution in [2.75, 3.05) is 26.4 Å². The molecule has 1 unspecified atom stereocenters. The smallest absolute Gasteiger partial charge is 0.331 e. The number of ether oxygens (including phenoxy) is 2. The van der Waals surface area contributed by atoms with Gasteiger partial charge in [-0.2, -0.15) is 0 Å². The number of aliphatic hydroxyl groups is 3. The fraction of sp³-hybridized carbons (Fsp3) is 0.333. The average molecular weight is 435 g/mol. The van der Waals surface area contributed by atoms with Crippen LogP contribution in [0.5, 0.6) is 11.5 Å². The van der Waals surface area contributed by atoms with Gasteiger partial charge in [0, 0.05) is 23.4 Å². The molecule has 1 atom stereocenters. The molecular formula is C21H25NO7S. The number of nitrogens with zero attached hydrogens (tertiary/aromatic N) is 1. The Kier molecular flexibility index (Phi) is 9.62. The second-order valence-electron chi connectivity index (χ2n) is 6.11. The van der Waals surface area contributed by atoms with Crippen molar-refractivity contribution in [1.82, 2.24) is 0 Å². The van der Waals surface area contributed by atoms with Gasteiger partial charge in [-0.05, 0) is 25.1 Å². The van der Waals surface area contributed by atoms with Crippen LogP contribution in [0.3, 0.4) is 0 Å². The number of oxime groups is 1. The molecule has 0 aromatic heterocycles. The first-order chi connectivity index (χ1) is 14.5. The highest BCUT2D eigenvalue weighted by molar-refractivity contribution is 7.99. The van der Waals surface area contributed by atoms with E-state index in [-0.39, 0.29) is 32.1 Å². The van der Waals surface area contributed by atoms with Gasteiger partial charge in [-0.3, -0.25) is 0 Å². The maximum absolute atomic E-state index is 11.0. The van der Waals surface area contributed by atoms with Crippen molar-refractivity contribution >= 4 is 23.4 Å². The Morgan fingerprint density at radius 2 is 1.73 bits per heavy atom. The van der Waals surface area contributed by atoms with Crippen LogP contribution in [-0.2, 0) is 9.63 Å². The van der Waals surface area contributed by atoms with Crippen LogP contribution >= 0.6 is 11.8 Å². The summed E-state index contributed by atoms with van der Waals surface area (Å²) in [5, 5.41) is 32.4. The van der Waals surface area contributed by atoms with Crippen molar-refractivity contribution in [3.8, 4) is 11.5 Å². The summed E-state index contributed by atoms with van der Waals surface area (Å²) in [5.41, 5.74) is 0.826. The van der Waals surface area contributed by atoms with E-state index in [0.29, 0.717) is 17.1 Å². The standard InChI is InChI=1S/C21H25NO7S/c1-14(22-29-15(2)25)21(26)17-5-3-4-6-19(17)30-20-8-7-16(27-11-9-23)13-18(20)28-12-10-24/h3-8,13,21,23-24,26H,9-12H2,1-2H3/b22-14+. The molecule has 9 heteroatoms. The highest BCUT2D eigenvalue weighted by Crippen LogP contribution is 2.40. The Labute approximate surface area is 179 Å². The summed E-state index contributed by atoms with van der Waals surface area (Å²) in [6.45, 7) is 2.81. The molecule has 0 fully saturated rings. The van der Waals surface area contributed by atoms with E-state index in [1.54, 1.807) is 37.3 Å². The number of carbonyl (C=O) groups excluding carboxylic acids is 1. The van der Waals surface area contributed by atoms with Gasteiger partial charge in [-0.1, -0.05) is 35.1 Å². The van der Waals surface area contributed by atoms with Crippen LogP contribution in [0.15, 0.2) is 57.4 Å². The van der Waals surface area contributed by atoms with Crippen LogP contribution in [-0.4, -0.2) is 53.4 Å². The molecule has 0 heterocycles. The summed E-state index contributed by atoms with van der Waals surface area (Å²) in [4.78, 5) is 17.1. The molecule has 0 bridgehead atoms. The number of carbonyl (C=O) groups is 1. The Morgan fingerprint density at radius 1 is 1.03 bits per heavy atom. The molecule has 0 radical (unpaired) electrons. The minimum atomic E-state index is -1.07. The lowest BCUT2D eigenvalue weighted by molar-refractivity contribution is -0.141. The van der Waals surface area contributed by atoms with Gasteiger partial charge >= 0.3 is 5.97 Å². The zero-order valence-corrected chi connectivity index (χ0v) is 17.6. The van der Waals surface area contributed by atoms with Gasteiger partial charge in [0.25, 0.3) is 0 Å². The summed E-state index contributed by atoms with van der Waals surface area (Å²) in [7, 11) is 0. The van der Waals surface area contributed by atoms with E-state index < -0.39 is 12.1 Å². The highest BCUT2D eigenvalue weighted by Gasteiger charge is 2.18. The fourth-order valence-corrected chi connectivity index (χ4v) is 3.46. The molecule has 0 aliphatic carbocycles. The van der Waals surface area contributed by atoms with Gasteiger partial charge in [0.1, 0.15) is 30.8 Å². The van der Waals surface area contributed by atoms with Crippen LogP contribution < -0.4 is 9.47 Å². The third kappa shape index (κ3) is 7.03. The van der Waals surface area contributed by atoms with Gasteiger partial charge in [-0.15, -0.1) is 0 Å². The number of hydrogen-bond acceptors (Lipinski definition) is 9. The molecule has 30 heavy (non-hydrogen) atoms. The van der Waals surface area contributed by atoms with E-state index in [1.165, 1.54) is 18.7 Å². The Morgan fingerprint density at radius 3 is 2.43 bits per heavy atom. The summed E-state index contributed by atoms with van der Waals surface area (Å²) >= 11 is 1.36. The van der Waals surface area contributed by atoms with Crippen LogP contribution in [0.25, 0.3) is 0 Å². The second kappa shape index (κ2) is 12.2. The van der Waals surface area contributed by atoms with E-state index in [1.807, 2.05) is 12.1 Å². The van der Waals surface area contributed by atoms with E-state index in [4.69, 9.17) is 19.7 Å². The molecular weight excluding hydrogens is 410 g/mol. The zero-order valence-electron chi connectivity index (χ0n) is 16.8. The van der Waals surface area contributed by atoms with Crippen LogP contribution in [0.1, 0.15) is 25.5 Å². The molecule has 0 saturated carbocycles. The molecule has 2 rings (SSSR count). The quantitative estimate of drug-likeness (QED) is 0.280. The molecule has 3 N–H and O–H groups in total. The summed E-state index contributed by atoms with van der Waals surface area (Å²) < 4.78 is 11.1. The number of hydrogen-bond donors (Lipinski definition) is 3. The van der Waals surface area contributed by atoms with Crippen molar-refractivity contribution in [1.29, 1.82) is 0 Å². The van der Waals surface area contributed by atoms with Gasteiger partial charge in [0.2, 0.25) is 0 Å². The van der Waals surface area contributed by atoms with Crippen LogP contribution in [0.2, 0.25) is 0 Å². The van der Waals surface area contributed by atoms with E-state index in [0.717, 1.165) is 9.79 Å². The largest absolute Gasteiger partial charge is 0.491 e. The lowest BCUT2D eigenvalue weighted by atomic mass is 10.1. The van der Waals surface area contributed by atoms with E-state index in [9.17, 15) is 9.90 Å². The summed E-state index contributed by atoms with van der Waals surface area (Å²) in [5.74, 6) is 0.455. The number of rotatable bonds is 11. The molecule has 0 spiro atoms. The second-order valence-corrected chi connectivity index (χ2v) is 7.19. The predicted molar refractivity (Wildman–Crippen MR) is 112 cm³/mol. The lowest BCUT2D eigenvalue weighted by Gasteiger charge is -2.17. The van der Waals surface area contributed by atoms with Gasteiger partial charge in [0.05, 0.1) is 23.8 Å². The molecule has 2 aromatic rings. The third-order valence-corrected chi connectivity index (χ3v) is 4.92. The van der Waals surface area contributed by atoms with Gasteiger partial charge < -0.3 is 29.6 Å². The van der Waals surface area contributed by atoms with Crippen LogP contribution in [0, 0.1) is 0 Å². The van der Waals surface area contributed by atoms with Crippen molar-refractivity contribution in [3.05, 3.63) is 48.0 Å². The lowest BCUT2D eigenvalue weighted by Crippen LogP contribution is -2.11. The number of benzene rings is 2. The van der Waals surface area contributed by atoms with Gasteiger partial charge in [-0.25, -0.2) is 4.79 Å². The summed E-state index contributed by atoms with van der Waals surface area (Å²) in [6, 6.07) is 12.4. The Bertz CT molecular complexity index is 872. The van der Waals surface area contributed by atoms with Crippen molar-refractivity contribution in [3.63, 3.8) is 0 Å². The highest BCUT2D eigenvalue weighted by atomic mass is 32.2. The van der Waals surface area contributed by atoms with Gasteiger partial charge in [0.15, 0.2) is 0 Å². The van der Waals surface area contributed by atoms with Crippen molar-refractivity contribution in [2.45, 2.75) is 29.7 Å². The molecule has 2 aromatic carbocycles. The Hall–Kier alpha value is -2.59. The van der Waals surface area contributed by atoms with Crippen molar-refractivity contribution in [2.24, 2.45) is 5.16 Å². The first kappa shape index (κ1) is 23.7. The molecule has 0 aliphatic heterocycles. The first-order valence-corrected chi connectivity index (χ1v) is 10.1. The molecule has 0 saturated heterocycles. The molecule has 0 amide bonds. The normalized spacial score (nSPS) is 12.4. The monoisotopic (exact) mass is 435 g/mol. The topological polar surface area (TPSA) is 118 Å². The van der Waals surface area contributed by atoms with E-state index >= 15 is 0 Å². The maximum atomic E-state index is 11.0. The zero-order chi connectivity index (χ0) is 21.9. The maximum Gasteiger partial charge on any atom is 0.331 e.